The Labute approximate surface area is 112 Å². The maximum absolute atomic E-state index is 5.69. The van der Waals surface area contributed by atoms with Gasteiger partial charge in [-0.15, -0.1) is 11.8 Å². The van der Waals surface area contributed by atoms with Crippen molar-refractivity contribution < 1.29 is 4.74 Å². The minimum atomic E-state index is 0.707. The molecule has 0 heterocycles. The van der Waals surface area contributed by atoms with Crippen LogP contribution in [-0.4, -0.2) is 12.4 Å². The van der Waals surface area contributed by atoms with Crippen molar-refractivity contribution in [2.24, 2.45) is 0 Å². The lowest BCUT2D eigenvalue weighted by molar-refractivity contribution is 0.344. The number of nitrogens with two attached hydrogens (primary N) is 1. The van der Waals surface area contributed by atoms with Gasteiger partial charge in [-0.3, -0.25) is 0 Å². The van der Waals surface area contributed by atoms with Crippen molar-refractivity contribution in [2.45, 2.75) is 11.8 Å². The zero-order chi connectivity index (χ0) is 12.8. The number of nitrogen functional groups attached to an aromatic ring is 1. The average molecular weight is 259 g/mol. The van der Waals surface area contributed by atoms with Crippen LogP contribution in [0.3, 0.4) is 0 Å². The maximum Gasteiger partial charge on any atom is 0.119 e. The van der Waals surface area contributed by atoms with E-state index >= 15 is 0 Å². The molecule has 2 aromatic rings. The molecule has 0 saturated heterocycles. The fraction of sp³-hybridized carbons (Fsp3) is 0.200. The molecule has 0 aromatic heterocycles. The summed E-state index contributed by atoms with van der Waals surface area (Å²) in [5.41, 5.74) is 7.66. The third kappa shape index (κ3) is 4.00. The zero-order valence-electron chi connectivity index (χ0n) is 10.4. The summed E-state index contributed by atoms with van der Waals surface area (Å²) in [7, 11) is 0. The van der Waals surface area contributed by atoms with Crippen molar-refractivity contribution in [3.05, 3.63) is 54.1 Å². The lowest BCUT2D eigenvalue weighted by Crippen LogP contribution is -2.00. The van der Waals surface area contributed by atoms with Gasteiger partial charge in [-0.1, -0.05) is 12.1 Å². The highest BCUT2D eigenvalue weighted by Crippen LogP contribution is 2.19. The van der Waals surface area contributed by atoms with Gasteiger partial charge < -0.3 is 10.5 Å². The van der Waals surface area contributed by atoms with Crippen LogP contribution in [0.1, 0.15) is 5.56 Å². The predicted octanol–water partition coefficient (Wildman–Crippen LogP) is 3.75. The first kappa shape index (κ1) is 12.8. The van der Waals surface area contributed by atoms with Crippen molar-refractivity contribution >= 4 is 17.4 Å². The van der Waals surface area contributed by atoms with E-state index in [-0.39, 0.29) is 0 Å². The van der Waals surface area contributed by atoms with Crippen LogP contribution in [0, 0.1) is 6.92 Å². The van der Waals surface area contributed by atoms with E-state index in [0.717, 1.165) is 17.2 Å². The van der Waals surface area contributed by atoms with E-state index in [1.807, 2.05) is 42.5 Å². The normalized spacial score (nSPS) is 10.3. The number of rotatable bonds is 5. The molecule has 0 saturated carbocycles. The average Bonchev–Trinajstić information content (AvgIpc) is 2.37. The second kappa shape index (κ2) is 6.36. The SMILES string of the molecule is Cc1cccc(OCCSc2ccc(N)cc2)c1. The molecule has 0 fully saturated rings. The number of benzene rings is 2. The molecule has 94 valence electrons. The van der Waals surface area contributed by atoms with Gasteiger partial charge in [-0.2, -0.15) is 0 Å². The number of aryl methyl sites for hydroxylation is 1. The van der Waals surface area contributed by atoms with Gasteiger partial charge in [-0.05, 0) is 48.9 Å². The first-order valence-corrected chi connectivity index (χ1v) is 6.90. The van der Waals surface area contributed by atoms with Crippen molar-refractivity contribution in [1.29, 1.82) is 0 Å². The summed E-state index contributed by atoms with van der Waals surface area (Å²) in [6, 6.07) is 16.0. The lowest BCUT2D eigenvalue weighted by Gasteiger charge is -2.06. The van der Waals surface area contributed by atoms with Gasteiger partial charge in [0.05, 0.1) is 6.61 Å². The Morgan fingerprint density at radius 3 is 2.61 bits per heavy atom. The molecule has 3 heteroatoms. The summed E-state index contributed by atoms with van der Waals surface area (Å²) >= 11 is 1.77. The molecule has 0 amide bonds. The van der Waals surface area contributed by atoms with Crippen LogP contribution in [0.5, 0.6) is 5.75 Å². The van der Waals surface area contributed by atoms with Crippen LogP contribution in [-0.2, 0) is 0 Å². The van der Waals surface area contributed by atoms with E-state index < -0.39 is 0 Å². The van der Waals surface area contributed by atoms with Crippen LogP contribution < -0.4 is 10.5 Å². The molecule has 2 nitrogen and oxygen atoms in total. The van der Waals surface area contributed by atoms with Gasteiger partial charge in [0.25, 0.3) is 0 Å². The second-order valence-electron chi connectivity index (χ2n) is 4.08. The first-order chi connectivity index (χ1) is 8.74. The summed E-state index contributed by atoms with van der Waals surface area (Å²) in [6.07, 6.45) is 0. The fourth-order valence-corrected chi connectivity index (χ4v) is 2.32. The van der Waals surface area contributed by atoms with Gasteiger partial charge in [0.2, 0.25) is 0 Å². The Bertz CT molecular complexity index is 496. The van der Waals surface area contributed by atoms with Gasteiger partial charge in [0.1, 0.15) is 5.75 Å². The monoisotopic (exact) mass is 259 g/mol. The summed E-state index contributed by atoms with van der Waals surface area (Å²) in [6.45, 7) is 2.77. The van der Waals surface area contributed by atoms with Crippen molar-refractivity contribution in [3.63, 3.8) is 0 Å². The zero-order valence-corrected chi connectivity index (χ0v) is 11.2. The summed E-state index contributed by atoms with van der Waals surface area (Å²) in [4.78, 5) is 1.22. The molecule has 18 heavy (non-hydrogen) atoms. The number of anilines is 1. The van der Waals surface area contributed by atoms with Gasteiger partial charge in [-0.25, -0.2) is 0 Å². The van der Waals surface area contributed by atoms with Gasteiger partial charge >= 0.3 is 0 Å². The summed E-state index contributed by atoms with van der Waals surface area (Å²) in [5.74, 6) is 1.87. The van der Waals surface area contributed by atoms with Crippen molar-refractivity contribution in [1.82, 2.24) is 0 Å². The molecule has 0 atom stereocenters. The third-order valence-corrected chi connectivity index (χ3v) is 3.47. The van der Waals surface area contributed by atoms with Crippen molar-refractivity contribution in [2.75, 3.05) is 18.1 Å². The Morgan fingerprint density at radius 1 is 1.11 bits per heavy atom. The highest BCUT2D eigenvalue weighted by Gasteiger charge is 1.96. The van der Waals surface area contributed by atoms with Crippen LogP contribution in [0.2, 0.25) is 0 Å². The highest BCUT2D eigenvalue weighted by molar-refractivity contribution is 7.99. The Hall–Kier alpha value is -1.61. The van der Waals surface area contributed by atoms with Crippen LogP contribution in [0.25, 0.3) is 0 Å². The molecule has 2 aromatic carbocycles. The van der Waals surface area contributed by atoms with E-state index in [0.29, 0.717) is 6.61 Å². The molecular weight excluding hydrogens is 242 g/mol. The largest absolute Gasteiger partial charge is 0.493 e. The molecule has 0 spiro atoms. The molecule has 0 radical (unpaired) electrons. The Morgan fingerprint density at radius 2 is 1.89 bits per heavy atom. The smallest absolute Gasteiger partial charge is 0.119 e. The fourth-order valence-electron chi connectivity index (χ4n) is 1.59. The minimum Gasteiger partial charge on any atom is -0.493 e. The van der Waals surface area contributed by atoms with E-state index in [9.17, 15) is 0 Å². The standard InChI is InChI=1S/C15H17NOS/c1-12-3-2-4-14(11-12)17-9-10-18-15-7-5-13(16)6-8-15/h2-8,11H,9-10,16H2,1H3. The minimum absolute atomic E-state index is 0.707. The van der Waals surface area contributed by atoms with E-state index in [1.54, 1.807) is 11.8 Å². The van der Waals surface area contributed by atoms with Crippen LogP contribution in [0.4, 0.5) is 5.69 Å². The Kier molecular flexibility index (Phi) is 4.53. The maximum atomic E-state index is 5.69. The molecule has 0 unspecified atom stereocenters. The number of thioether (sulfide) groups is 1. The predicted molar refractivity (Wildman–Crippen MR) is 78.3 cm³/mol. The van der Waals surface area contributed by atoms with E-state index in [4.69, 9.17) is 10.5 Å². The molecule has 2 rings (SSSR count). The van der Waals surface area contributed by atoms with E-state index in [2.05, 4.69) is 13.0 Å². The number of hydrogen-bond donors (Lipinski definition) is 1. The first-order valence-electron chi connectivity index (χ1n) is 5.92. The lowest BCUT2D eigenvalue weighted by atomic mass is 10.2. The molecule has 0 bridgehead atoms. The highest BCUT2D eigenvalue weighted by atomic mass is 32.2. The van der Waals surface area contributed by atoms with Crippen LogP contribution >= 0.6 is 11.8 Å². The molecule has 0 aliphatic rings. The van der Waals surface area contributed by atoms with Gasteiger partial charge in [0.15, 0.2) is 0 Å². The summed E-state index contributed by atoms with van der Waals surface area (Å²) in [5, 5.41) is 0. The summed E-state index contributed by atoms with van der Waals surface area (Å²) < 4.78 is 5.69. The Balaban J connectivity index is 1.74. The van der Waals surface area contributed by atoms with Crippen LogP contribution in [0.15, 0.2) is 53.4 Å². The molecule has 2 N–H and O–H groups in total. The number of ether oxygens (including phenoxy) is 1. The number of hydrogen-bond acceptors (Lipinski definition) is 3. The topological polar surface area (TPSA) is 35.2 Å². The molecule has 0 aliphatic carbocycles. The molecular formula is C15H17NOS. The van der Waals surface area contributed by atoms with E-state index in [1.165, 1.54) is 10.5 Å². The van der Waals surface area contributed by atoms with Gasteiger partial charge in [0, 0.05) is 16.3 Å². The quantitative estimate of drug-likeness (QED) is 0.504. The second-order valence-corrected chi connectivity index (χ2v) is 5.25. The molecule has 0 aliphatic heterocycles. The third-order valence-electron chi connectivity index (χ3n) is 2.49. The van der Waals surface area contributed by atoms with Crippen molar-refractivity contribution in [3.8, 4) is 5.75 Å².